The second-order valence-corrected chi connectivity index (χ2v) is 20.2. The largest absolute Gasteiger partial charge is 0.444 e. The van der Waals surface area contributed by atoms with Gasteiger partial charge < -0.3 is 15.0 Å². The fourth-order valence-corrected chi connectivity index (χ4v) is 10.9. The van der Waals surface area contributed by atoms with Gasteiger partial charge in [-0.1, -0.05) is 13.8 Å². The Labute approximate surface area is 406 Å². The second kappa shape index (κ2) is 21.1. The smallest absolute Gasteiger partial charge is 0.410 e. The number of rotatable bonds is 6. The van der Waals surface area contributed by atoms with Gasteiger partial charge in [-0.3, -0.25) is 29.1 Å². The number of halogens is 1. The third-order valence-electron chi connectivity index (χ3n) is 14.3. The third-order valence-corrected chi connectivity index (χ3v) is 14.3. The number of Topliss-reactive ketones (excluding diaryl/α,β-unsaturated/α-hetero) is 4. The quantitative estimate of drug-likeness (QED) is 0.182. The van der Waals surface area contributed by atoms with Gasteiger partial charge in [-0.05, 0) is 179 Å². The summed E-state index contributed by atoms with van der Waals surface area (Å²) < 4.78 is 5.50. The number of hydrogen-bond acceptors (Lipinski definition) is 11. The van der Waals surface area contributed by atoms with Crippen molar-refractivity contribution < 1.29 is 28.7 Å². The van der Waals surface area contributed by atoms with Crippen LogP contribution in [0.25, 0.3) is 22.5 Å². The van der Waals surface area contributed by atoms with E-state index in [9.17, 15) is 24.0 Å². The van der Waals surface area contributed by atoms with Crippen LogP contribution in [0, 0.1) is 47.3 Å². The number of piperidine rings is 2. The number of nitrogens with one attached hydrogen (secondary N) is 1. The first-order valence-electron chi connectivity index (χ1n) is 23.7. The van der Waals surface area contributed by atoms with Crippen LogP contribution in [0.4, 0.5) is 4.79 Å². The maximum atomic E-state index is 13.6. The van der Waals surface area contributed by atoms with Crippen molar-refractivity contribution in [1.82, 2.24) is 20.2 Å². The zero-order valence-electron chi connectivity index (χ0n) is 40.4. The van der Waals surface area contributed by atoms with Crippen LogP contribution in [0.5, 0.6) is 0 Å². The van der Waals surface area contributed by atoms with Crippen molar-refractivity contribution in [1.29, 1.82) is 10.5 Å². The van der Waals surface area contributed by atoms with E-state index in [2.05, 4.69) is 34.3 Å². The maximum absolute atomic E-state index is 13.6. The summed E-state index contributed by atoms with van der Waals surface area (Å²) in [5.41, 5.74) is 8.93. The van der Waals surface area contributed by atoms with Crippen molar-refractivity contribution in [2.75, 3.05) is 26.2 Å². The lowest BCUT2D eigenvalue weighted by atomic mass is 9.62. The highest BCUT2D eigenvalue weighted by atomic mass is 35.5. The minimum absolute atomic E-state index is 0. The summed E-state index contributed by atoms with van der Waals surface area (Å²) in [7, 11) is 0. The zero-order chi connectivity index (χ0) is 48.3. The molecular weight excluding hydrogens is 876 g/mol. The number of pyridine rings is 2. The molecule has 2 aliphatic heterocycles. The van der Waals surface area contributed by atoms with E-state index in [4.69, 9.17) is 15.3 Å². The number of hydrogen-bond donors (Lipinski definition) is 1. The standard InChI is InChI=1S/C30H35N3O4.C25H27N3O2.ClH/c1-6-21-14-22(23-8-7-20(17-31)18-32-23)13-19(2)26(21)27-24(34)15-30(16-25(27)35)9-11-33(12-10-30)28(36)37-29(3,4)5;1-3-18-11-19(20-5-4-17(14-26)15-28-20)10-16(2)23(18)24-21(29)12-25(13-22(24)30)6-8-27-9-7-25;/h7-8,13-14,18,27H,6,9-12,15-16H2,1-5H3;4-5,10-11,15,24,27H,3,6-9,12-13H2,1-2H3;1H. The van der Waals surface area contributed by atoms with Crippen LogP contribution in [0.1, 0.15) is 142 Å². The zero-order valence-corrected chi connectivity index (χ0v) is 41.2. The Bertz CT molecular complexity index is 2620. The fraction of sp³-hybridized carbons (Fsp3) is 0.473. The maximum Gasteiger partial charge on any atom is 0.410 e. The van der Waals surface area contributed by atoms with Crippen molar-refractivity contribution in [3.8, 4) is 34.7 Å². The molecule has 12 nitrogen and oxygen atoms in total. The Morgan fingerprint density at radius 2 is 1.09 bits per heavy atom. The Balaban J connectivity index is 0.000000225. The molecule has 1 N–H and O–H groups in total. The van der Waals surface area contributed by atoms with E-state index < -0.39 is 17.4 Å². The Morgan fingerprint density at radius 1 is 0.691 bits per heavy atom. The first kappa shape index (κ1) is 51.3. The summed E-state index contributed by atoms with van der Waals surface area (Å²) in [6.07, 6.45) is 8.98. The molecule has 0 radical (unpaired) electrons. The predicted molar refractivity (Wildman–Crippen MR) is 262 cm³/mol. The molecule has 2 saturated carbocycles. The molecule has 2 spiro atoms. The molecule has 1 amide bonds. The van der Waals surface area contributed by atoms with Crippen molar-refractivity contribution in [2.45, 2.75) is 130 Å². The molecule has 0 unspecified atom stereocenters. The summed E-state index contributed by atoms with van der Waals surface area (Å²) in [5, 5.41) is 21.4. The van der Waals surface area contributed by atoms with Gasteiger partial charge in [-0.25, -0.2) is 4.79 Å². The highest BCUT2D eigenvalue weighted by molar-refractivity contribution is 6.11. The normalized spacial score (nSPS) is 19.1. The predicted octanol–water partition coefficient (Wildman–Crippen LogP) is 9.82. The molecule has 4 fully saturated rings. The van der Waals surface area contributed by atoms with Gasteiger partial charge in [0.05, 0.1) is 22.5 Å². The number of benzene rings is 2. The lowest BCUT2D eigenvalue weighted by Crippen LogP contribution is -2.49. The number of aryl methyl sites for hydroxylation is 4. The summed E-state index contributed by atoms with van der Waals surface area (Å²) in [6.45, 7) is 16.3. The number of nitrogens with zero attached hydrogens (tertiary/aromatic N) is 5. The van der Waals surface area contributed by atoms with Crippen LogP contribution in [0.15, 0.2) is 60.9 Å². The topological polar surface area (TPSA) is 183 Å². The highest BCUT2D eigenvalue weighted by Gasteiger charge is 2.49. The van der Waals surface area contributed by atoms with E-state index in [1.54, 1.807) is 29.4 Å². The van der Waals surface area contributed by atoms with Crippen molar-refractivity contribution in [3.05, 3.63) is 105 Å². The number of likely N-dealkylation sites (tertiary alicyclic amines) is 1. The summed E-state index contributed by atoms with van der Waals surface area (Å²) in [4.78, 5) is 76.6. The molecule has 4 aliphatic rings. The average Bonchev–Trinajstić information content (AvgIpc) is 3.29. The van der Waals surface area contributed by atoms with Gasteiger partial charge in [0.1, 0.15) is 52.7 Å². The van der Waals surface area contributed by atoms with E-state index in [-0.39, 0.29) is 52.5 Å². The van der Waals surface area contributed by atoms with Gasteiger partial charge in [0.25, 0.3) is 0 Å². The lowest BCUT2D eigenvalue weighted by Gasteiger charge is -2.44. The molecule has 2 aromatic heterocycles. The molecule has 13 heteroatoms. The minimum atomic E-state index is -0.743. The molecule has 4 aromatic rings. The number of amides is 1. The van der Waals surface area contributed by atoms with Gasteiger partial charge in [-0.15, -0.1) is 12.4 Å². The van der Waals surface area contributed by atoms with E-state index in [1.165, 1.54) is 0 Å². The molecular formula is C55H63ClN6O6. The van der Waals surface area contributed by atoms with Crippen molar-refractivity contribution in [3.63, 3.8) is 0 Å². The van der Waals surface area contributed by atoms with E-state index in [0.717, 1.165) is 88.2 Å². The van der Waals surface area contributed by atoms with Gasteiger partial charge in [0.2, 0.25) is 0 Å². The number of carbonyl (C=O) groups is 5. The summed E-state index contributed by atoms with van der Waals surface area (Å²) in [6, 6.07) is 19.4. The molecule has 2 saturated heterocycles. The number of carbonyl (C=O) groups excluding carboxylic acids is 5. The van der Waals surface area contributed by atoms with Crippen molar-refractivity contribution >= 4 is 41.6 Å². The van der Waals surface area contributed by atoms with Crippen molar-refractivity contribution in [2.24, 2.45) is 10.8 Å². The van der Waals surface area contributed by atoms with Gasteiger partial charge in [0.15, 0.2) is 0 Å². The monoisotopic (exact) mass is 938 g/mol. The van der Waals surface area contributed by atoms with Crippen LogP contribution < -0.4 is 5.32 Å². The molecule has 2 aromatic carbocycles. The van der Waals surface area contributed by atoms with Crippen LogP contribution in [-0.2, 0) is 36.8 Å². The van der Waals surface area contributed by atoms with Crippen LogP contribution in [0.2, 0.25) is 0 Å². The first-order chi connectivity index (χ1) is 31.9. The first-order valence-corrected chi connectivity index (χ1v) is 23.7. The number of aromatic nitrogens is 2. The van der Waals surface area contributed by atoms with E-state index >= 15 is 0 Å². The number of ether oxygens (including phenoxy) is 1. The molecule has 8 rings (SSSR count). The van der Waals surface area contributed by atoms with Crippen LogP contribution >= 0.6 is 12.4 Å². The average molecular weight is 940 g/mol. The summed E-state index contributed by atoms with van der Waals surface area (Å²) >= 11 is 0. The van der Waals surface area contributed by atoms with Crippen LogP contribution in [-0.4, -0.2) is 75.9 Å². The Morgan fingerprint density at radius 3 is 1.43 bits per heavy atom. The highest BCUT2D eigenvalue weighted by Crippen LogP contribution is 2.48. The fourth-order valence-electron chi connectivity index (χ4n) is 10.9. The van der Waals surface area contributed by atoms with E-state index in [1.807, 2.05) is 77.9 Å². The van der Waals surface area contributed by atoms with E-state index in [0.29, 0.717) is 69.2 Å². The second-order valence-electron chi connectivity index (χ2n) is 20.2. The molecule has 0 atom stereocenters. The number of nitriles is 2. The van der Waals surface area contributed by atoms with Gasteiger partial charge >= 0.3 is 6.09 Å². The Hall–Kier alpha value is -6.08. The molecule has 68 heavy (non-hydrogen) atoms. The summed E-state index contributed by atoms with van der Waals surface area (Å²) in [5.74, 6) is -1.27. The number of ketones is 4. The molecule has 2 aliphatic carbocycles. The SMILES string of the molecule is CCc1cc(-c2ccc(C#N)cn2)cc(C)c1C1C(=O)CC2(CCN(C(=O)OC(C)(C)C)CC2)CC1=O.CCc1cc(-c2ccc(C#N)cn2)cc(C)c1C1C(=O)CC2(CCNCC2)CC1=O.Cl. The minimum Gasteiger partial charge on any atom is -0.444 e. The molecule has 4 heterocycles. The van der Waals surface area contributed by atoms with Gasteiger partial charge in [-0.2, -0.15) is 10.5 Å². The lowest BCUT2D eigenvalue weighted by molar-refractivity contribution is -0.139. The Kier molecular flexibility index (Phi) is 15.9. The van der Waals surface area contributed by atoms with Crippen LogP contribution in [0.3, 0.4) is 0 Å². The molecule has 0 bridgehead atoms. The third kappa shape index (κ3) is 11.1. The van der Waals surface area contributed by atoms with Gasteiger partial charge in [0, 0.05) is 62.3 Å². The molecule has 356 valence electrons.